The Hall–Kier alpha value is -1.84. The highest BCUT2D eigenvalue weighted by molar-refractivity contribution is 5.96. The Balaban J connectivity index is 2.31. The highest BCUT2D eigenvalue weighted by Gasteiger charge is 2.43. The lowest BCUT2D eigenvalue weighted by atomic mass is 10.0. The Labute approximate surface area is 107 Å². The summed E-state index contributed by atoms with van der Waals surface area (Å²) in [5, 5.41) is 0. The third-order valence-corrected chi connectivity index (χ3v) is 3.18. The van der Waals surface area contributed by atoms with Gasteiger partial charge in [0, 0.05) is 0 Å². The molecule has 0 unspecified atom stereocenters. The Morgan fingerprint density at radius 2 is 1.83 bits per heavy atom. The Morgan fingerprint density at radius 3 is 2.39 bits per heavy atom. The summed E-state index contributed by atoms with van der Waals surface area (Å²) in [4.78, 5) is 25.0. The van der Waals surface area contributed by atoms with E-state index in [0.29, 0.717) is 0 Å². The number of carbonyl (C=O) groups excluding carboxylic acids is 2. The first-order valence-corrected chi connectivity index (χ1v) is 6.01. The molecule has 1 saturated heterocycles. The summed E-state index contributed by atoms with van der Waals surface area (Å²) in [7, 11) is 0. The molecule has 1 amide bonds. The molecule has 0 spiro atoms. The molecule has 1 aromatic rings. The fraction of sp³-hybridized carbons (Fsp3) is 0.429. The van der Waals surface area contributed by atoms with Gasteiger partial charge in [0.25, 0.3) is 0 Å². The van der Waals surface area contributed by atoms with Gasteiger partial charge in [0.05, 0.1) is 6.04 Å². The van der Waals surface area contributed by atoms with E-state index >= 15 is 0 Å². The summed E-state index contributed by atoms with van der Waals surface area (Å²) in [6.07, 6.45) is -0.180. The number of cyclic esters (lactones) is 1. The summed E-state index contributed by atoms with van der Waals surface area (Å²) in [6, 6.07) is 9.59. The monoisotopic (exact) mass is 247 g/mol. The number of esters is 1. The van der Waals surface area contributed by atoms with Crippen molar-refractivity contribution in [2.45, 2.75) is 39.0 Å². The third-order valence-electron chi connectivity index (χ3n) is 3.18. The minimum Gasteiger partial charge on any atom is -0.439 e. The number of amides is 1. The first-order chi connectivity index (χ1) is 8.42. The Morgan fingerprint density at radius 1 is 1.22 bits per heavy atom. The number of hydrogen-bond acceptors (Lipinski definition) is 3. The lowest BCUT2D eigenvalue weighted by Crippen LogP contribution is -2.56. The molecule has 1 fully saturated rings. The fourth-order valence-electron chi connectivity index (χ4n) is 2.44. The predicted molar refractivity (Wildman–Crippen MR) is 66.5 cm³/mol. The van der Waals surface area contributed by atoms with Crippen molar-refractivity contribution >= 4 is 11.9 Å². The van der Waals surface area contributed by atoms with E-state index in [1.54, 1.807) is 18.7 Å². The standard InChI is InChI=1S/C14H17NO3/c1-10(11-7-5-4-6-8-11)15-12(16)9-13(17)18-14(15,2)3/h4-8,10H,9H2,1-3H3/t10-/m0/s1. The maximum Gasteiger partial charge on any atom is 0.317 e. The largest absolute Gasteiger partial charge is 0.439 e. The van der Waals surface area contributed by atoms with Crippen molar-refractivity contribution in [1.29, 1.82) is 0 Å². The lowest BCUT2D eigenvalue weighted by molar-refractivity contribution is -0.201. The number of nitrogens with zero attached hydrogens (tertiary/aromatic N) is 1. The van der Waals surface area contributed by atoms with Gasteiger partial charge in [-0.05, 0) is 26.3 Å². The molecule has 0 aliphatic carbocycles. The van der Waals surface area contributed by atoms with E-state index in [0.717, 1.165) is 5.56 Å². The van der Waals surface area contributed by atoms with Crippen molar-refractivity contribution < 1.29 is 14.3 Å². The molecule has 96 valence electrons. The maximum atomic E-state index is 12.1. The molecule has 1 aliphatic rings. The minimum atomic E-state index is -0.901. The average molecular weight is 247 g/mol. The summed E-state index contributed by atoms with van der Waals surface area (Å²) >= 11 is 0. The van der Waals surface area contributed by atoms with Crippen LogP contribution in [0.1, 0.15) is 38.8 Å². The van der Waals surface area contributed by atoms with E-state index in [1.165, 1.54) is 0 Å². The zero-order valence-corrected chi connectivity index (χ0v) is 10.8. The van der Waals surface area contributed by atoms with E-state index in [1.807, 2.05) is 37.3 Å². The SMILES string of the molecule is C[C@@H](c1ccccc1)N1C(=O)CC(=O)OC1(C)C. The van der Waals surface area contributed by atoms with Gasteiger partial charge in [0.1, 0.15) is 6.42 Å². The summed E-state index contributed by atoms with van der Waals surface area (Å²) in [5.74, 6) is -0.644. The van der Waals surface area contributed by atoms with Crippen LogP contribution in [0.4, 0.5) is 0 Å². The van der Waals surface area contributed by atoms with Crippen molar-refractivity contribution in [2.75, 3.05) is 0 Å². The minimum absolute atomic E-state index is 0.123. The first-order valence-electron chi connectivity index (χ1n) is 6.01. The maximum absolute atomic E-state index is 12.1. The van der Waals surface area contributed by atoms with E-state index in [9.17, 15) is 9.59 Å². The molecule has 1 atom stereocenters. The number of hydrogen-bond donors (Lipinski definition) is 0. The summed E-state index contributed by atoms with van der Waals surface area (Å²) in [5.41, 5.74) is 0.124. The second kappa shape index (κ2) is 4.44. The van der Waals surface area contributed by atoms with Gasteiger partial charge in [-0.25, -0.2) is 0 Å². The van der Waals surface area contributed by atoms with Crippen LogP contribution in [0, 0.1) is 0 Å². The van der Waals surface area contributed by atoms with Crippen LogP contribution in [-0.4, -0.2) is 22.5 Å². The molecule has 0 bridgehead atoms. The second-order valence-electron chi connectivity index (χ2n) is 4.95. The van der Waals surface area contributed by atoms with Crippen LogP contribution < -0.4 is 0 Å². The third kappa shape index (κ3) is 2.23. The van der Waals surface area contributed by atoms with Crippen LogP contribution in [0.25, 0.3) is 0 Å². The average Bonchev–Trinajstić information content (AvgIpc) is 2.27. The number of ether oxygens (including phenoxy) is 1. The molecule has 0 radical (unpaired) electrons. The molecule has 4 nitrogen and oxygen atoms in total. The summed E-state index contributed by atoms with van der Waals surface area (Å²) in [6.45, 7) is 5.41. The predicted octanol–water partition coefficient (Wildman–Crippen LogP) is 2.26. The number of benzene rings is 1. The molecule has 0 N–H and O–H groups in total. The van der Waals surface area contributed by atoms with Gasteiger partial charge < -0.3 is 4.74 Å². The highest BCUT2D eigenvalue weighted by atomic mass is 16.6. The normalized spacial score (nSPS) is 20.5. The number of carbonyl (C=O) groups is 2. The van der Waals surface area contributed by atoms with Crippen molar-refractivity contribution in [3.63, 3.8) is 0 Å². The molecule has 1 aromatic carbocycles. The smallest absolute Gasteiger partial charge is 0.317 e. The molecule has 0 aromatic heterocycles. The van der Waals surface area contributed by atoms with Gasteiger partial charge in [-0.1, -0.05) is 30.3 Å². The summed E-state index contributed by atoms with van der Waals surface area (Å²) < 4.78 is 5.27. The fourth-order valence-corrected chi connectivity index (χ4v) is 2.44. The molecule has 18 heavy (non-hydrogen) atoms. The van der Waals surface area contributed by atoms with Crippen LogP contribution in [0.5, 0.6) is 0 Å². The lowest BCUT2D eigenvalue weighted by Gasteiger charge is -2.44. The highest BCUT2D eigenvalue weighted by Crippen LogP contribution is 2.32. The second-order valence-corrected chi connectivity index (χ2v) is 4.95. The molecular formula is C14H17NO3. The van der Waals surface area contributed by atoms with Crippen LogP contribution in [-0.2, 0) is 14.3 Å². The Bertz CT molecular complexity index is 467. The zero-order valence-electron chi connectivity index (χ0n) is 10.8. The number of rotatable bonds is 2. The van der Waals surface area contributed by atoms with Crippen molar-refractivity contribution in [3.05, 3.63) is 35.9 Å². The molecule has 1 heterocycles. The van der Waals surface area contributed by atoms with Gasteiger partial charge in [-0.2, -0.15) is 0 Å². The van der Waals surface area contributed by atoms with Crippen molar-refractivity contribution in [1.82, 2.24) is 4.90 Å². The van der Waals surface area contributed by atoms with Gasteiger partial charge in [-0.3, -0.25) is 14.5 Å². The van der Waals surface area contributed by atoms with E-state index in [-0.39, 0.29) is 18.4 Å². The van der Waals surface area contributed by atoms with Gasteiger partial charge >= 0.3 is 5.97 Å². The van der Waals surface area contributed by atoms with E-state index < -0.39 is 11.7 Å². The molecule has 2 rings (SSSR count). The molecular weight excluding hydrogens is 230 g/mol. The van der Waals surface area contributed by atoms with Crippen LogP contribution in [0.15, 0.2) is 30.3 Å². The molecule has 1 aliphatic heterocycles. The van der Waals surface area contributed by atoms with Crippen LogP contribution in [0.2, 0.25) is 0 Å². The van der Waals surface area contributed by atoms with Gasteiger partial charge in [-0.15, -0.1) is 0 Å². The Kier molecular flexibility index (Phi) is 3.11. The van der Waals surface area contributed by atoms with Gasteiger partial charge in [0.15, 0.2) is 5.72 Å². The van der Waals surface area contributed by atoms with E-state index in [4.69, 9.17) is 4.74 Å². The zero-order chi connectivity index (χ0) is 13.3. The topological polar surface area (TPSA) is 46.6 Å². The quantitative estimate of drug-likeness (QED) is 0.595. The first kappa shape index (κ1) is 12.6. The van der Waals surface area contributed by atoms with Crippen molar-refractivity contribution in [3.8, 4) is 0 Å². The van der Waals surface area contributed by atoms with Crippen molar-refractivity contribution in [2.24, 2.45) is 0 Å². The van der Waals surface area contributed by atoms with Crippen LogP contribution in [0.3, 0.4) is 0 Å². The van der Waals surface area contributed by atoms with Gasteiger partial charge in [0.2, 0.25) is 5.91 Å². The molecule has 4 heteroatoms. The van der Waals surface area contributed by atoms with E-state index in [2.05, 4.69) is 0 Å². The van der Waals surface area contributed by atoms with Crippen LogP contribution >= 0.6 is 0 Å². The molecule has 0 saturated carbocycles.